The van der Waals surface area contributed by atoms with Crippen LogP contribution in [0.5, 0.6) is 0 Å². The SMILES string of the molecule is Cc1cccc(CNCCC(=O)NCCc2cccc(Cl)c2)c1. The highest BCUT2D eigenvalue weighted by Gasteiger charge is 2.01. The van der Waals surface area contributed by atoms with Crippen molar-refractivity contribution in [3.63, 3.8) is 0 Å². The van der Waals surface area contributed by atoms with Gasteiger partial charge in [0.2, 0.25) is 5.91 Å². The summed E-state index contributed by atoms with van der Waals surface area (Å²) in [7, 11) is 0. The van der Waals surface area contributed by atoms with E-state index in [1.165, 1.54) is 11.1 Å². The Morgan fingerprint density at radius 3 is 2.61 bits per heavy atom. The minimum atomic E-state index is 0.0729. The summed E-state index contributed by atoms with van der Waals surface area (Å²) in [6.45, 7) is 4.18. The van der Waals surface area contributed by atoms with E-state index >= 15 is 0 Å². The van der Waals surface area contributed by atoms with Crippen molar-refractivity contribution >= 4 is 17.5 Å². The van der Waals surface area contributed by atoms with Gasteiger partial charge in [0.05, 0.1) is 0 Å². The van der Waals surface area contributed by atoms with Gasteiger partial charge in [-0.1, -0.05) is 53.6 Å². The molecule has 0 fully saturated rings. The topological polar surface area (TPSA) is 41.1 Å². The summed E-state index contributed by atoms with van der Waals surface area (Å²) >= 11 is 5.94. The zero-order valence-electron chi connectivity index (χ0n) is 13.4. The number of hydrogen-bond donors (Lipinski definition) is 2. The van der Waals surface area contributed by atoms with Gasteiger partial charge in [-0.25, -0.2) is 0 Å². The maximum atomic E-state index is 11.8. The fourth-order valence-corrected chi connectivity index (χ4v) is 2.60. The fourth-order valence-electron chi connectivity index (χ4n) is 2.38. The molecule has 122 valence electrons. The first-order valence-electron chi connectivity index (χ1n) is 7.91. The molecule has 2 aromatic rings. The number of halogens is 1. The minimum Gasteiger partial charge on any atom is -0.356 e. The molecule has 0 atom stereocenters. The third kappa shape index (κ3) is 6.85. The van der Waals surface area contributed by atoms with Gasteiger partial charge in [-0.2, -0.15) is 0 Å². The molecule has 4 heteroatoms. The molecule has 0 aromatic heterocycles. The van der Waals surface area contributed by atoms with Gasteiger partial charge in [0.15, 0.2) is 0 Å². The van der Waals surface area contributed by atoms with Crippen LogP contribution in [0.3, 0.4) is 0 Å². The lowest BCUT2D eigenvalue weighted by atomic mass is 10.1. The summed E-state index contributed by atoms with van der Waals surface area (Å²) < 4.78 is 0. The molecule has 0 bridgehead atoms. The summed E-state index contributed by atoms with van der Waals surface area (Å²) in [6, 6.07) is 16.1. The van der Waals surface area contributed by atoms with Gasteiger partial charge in [-0.05, 0) is 36.6 Å². The van der Waals surface area contributed by atoms with Gasteiger partial charge >= 0.3 is 0 Å². The molecule has 2 aromatic carbocycles. The monoisotopic (exact) mass is 330 g/mol. The zero-order valence-corrected chi connectivity index (χ0v) is 14.2. The lowest BCUT2D eigenvalue weighted by molar-refractivity contribution is -0.120. The average molecular weight is 331 g/mol. The second kappa shape index (κ2) is 9.33. The predicted molar refractivity (Wildman–Crippen MR) is 95.7 cm³/mol. The Bertz CT molecular complexity index is 643. The van der Waals surface area contributed by atoms with Crippen molar-refractivity contribution in [2.75, 3.05) is 13.1 Å². The van der Waals surface area contributed by atoms with E-state index in [-0.39, 0.29) is 5.91 Å². The molecular formula is C19H23ClN2O. The van der Waals surface area contributed by atoms with Crippen LogP contribution in [0.25, 0.3) is 0 Å². The summed E-state index contributed by atoms with van der Waals surface area (Å²) in [5, 5.41) is 6.96. The van der Waals surface area contributed by atoms with Crippen molar-refractivity contribution in [1.29, 1.82) is 0 Å². The number of hydrogen-bond acceptors (Lipinski definition) is 2. The number of benzene rings is 2. The van der Waals surface area contributed by atoms with Gasteiger partial charge in [-0.15, -0.1) is 0 Å². The maximum absolute atomic E-state index is 11.8. The van der Waals surface area contributed by atoms with E-state index < -0.39 is 0 Å². The first-order valence-corrected chi connectivity index (χ1v) is 8.29. The van der Waals surface area contributed by atoms with E-state index in [0.717, 1.165) is 23.6 Å². The lowest BCUT2D eigenvalue weighted by Crippen LogP contribution is -2.29. The van der Waals surface area contributed by atoms with Crippen LogP contribution in [-0.4, -0.2) is 19.0 Å². The molecule has 0 aliphatic heterocycles. The van der Waals surface area contributed by atoms with Crippen LogP contribution in [0.1, 0.15) is 23.1 Å². The van der Waals surface area contributed by atoms with Crippen LogP contribution in [0.4, 0.5) is 0 Å². The first kappa shape index (κ1) is 17.5. The molecule has 3 nitrogen and oxygen atoms in total. The molecule has 0 unspecified atom stereocenters. The molecule has 2 rings (SSSR count). The number of aryl methyl sites for hydroxylation is 1. The third-order valence-electron chi connectivity index (χ3n) is 3.57. The predicted octanol–water partition coefficient (Wildman–Crippen LogP) is 3.49. The Kier molecular flexibility index (Phi) is 7.11. The van der Waals surface area contributed by atoms with Crippen molar-refractivity contribution in [1.82, 2.24) is 10.6 Å². The first-order chi connectivity index (χ1) is 11.1. The molecule has 0 aliphatic rings. The number of carbonyl (C=O) groups excluding carboxylic acids is 1. The van der Waals surface area contributed by atoms with Crippen molar-refractivity contribution < 1.29 is 4.79 Å². The van der Waals surface area contributed by atoms with Crippen molar-refractivity contribution in [3.8, 4) is 0 Å². The molecule has 0 saturated carbocycles. The van der Waals surface area contributed by atoms with Crippen LogP contribution in [-0.2, 0) is 17.8 Å². The minimum absolute atomic E-state index is 0.0729. The molecule has 0 aliphatic carbocycles. The van der Waals surface area contributed by atoms with Gasteiger partial charge in [0.25, 0.3) is 0 Å². The van der Waals surface area contributed by atoms with E-state index in [9.17, 15) is 4.79 Å². The fraction of sp³-hybridized carbons (Fsp3) is 0.316. The van der Waals surface area contributed by atoms with Gasteiger partial charge in [0.1, 0.15) is 0 Å². The highest BCUT2D eigenvalue weighted by molar-refractivity contribution is 6.30. The van der Waals surface area contributed by atoms with E-state index in [4.69, 9.17) is 11.6 Å². The van der Waals surface area contributed by atoms with E-state index in [1.54, 1.807) is 0 Å². The van der Waals surface area contributed by atoms with Crippen LogP contribution in [0.2, 0.25) is 5.02 Å². The molecule has 0 radical (unpaired) electrons. The standard InChI is InChI=1S/C19H23ClN2O/c1-15-4-2-6-17(12-15)14-21-10-9-19(23)22-11-8-16-5-3-7-18(20)13-16/h2-7,12-13,21H,8-11,14H2,1H3,(H,22,23). The average Bonchev–Trinajstić information content (AvgIpc) is 2.52. The van der Waals surface area contributed by atoms with Crippen molar-refractivity contribution in [2.24, 2.45) is 0 Å². The van der Waals surface area contributed by atoms with Gasteiger partial charge in [-0.3, -0.25) is 4.79 Å². The second-order valence-electron chi connectivity index (χ2n) is 5.65. The number of amides is 1. The van der Waals surface area contributed by atoms with Crippen LogP contribution in [0.15, 0.2) is 48.5 Å². The lowest BCUT2D eigenvalue weighted by Gasteiger charge is -2.07. The summed E-state index contributed by atoms with van der Waals surface area (Å²) in [5.74, 6) is 0.0729. The highest BCUT2D eigenvalue weighted by atomic mass is 35.5. The molecule has 0 spiro atoms. The molecule has 0 saturated heterocycles. The van der Waals surface area contributed by atoms with Crippen molar-refractivity contribution in [3.05, 3.63) is 70.2 Å². The summed E-state index contributed by atoms with van der Waals surface area (Å²) in [5.41, 5.74) is 3.63. The maximum Gasteiger partial charge on any atom is 0.221 e. The molecular weight excluding hydrogens is 308 g/mol. The quantitative estimate of drug-likeness (QED) is 0.727. The van der Waals surface area contributed by atoms with Crippen LogP contribution in [0, 0.1) is 6.92 Å². The normalized spacial score (nSPS) is 10.5. The number of carbonyl (C=O) groups is 1. The Morgan fingerprint density at radius 1 is 1.04 bits per heavy atom. The van der Waals surface area contributed by atoms with Crippen molar-refractivity contribution in [2.45, 2.75) is 26.3 Å². The summed E-state index contributed by atoms with van der Waals surface area (Å²) in [4.78, 5) is 11.8. The van der Waals surface area contributed by atoms with Gasteiger partial charge in [0, 0.05) is 31.1 Å². The molecule has 23 heavy (non-hydrogen) atoms. The van der Waals surface area contributed by atoms with Crippen LogP contribution < -0.4 is 10.6 Å². The van der Waals surface area contributed by atoms with Crippen LogP contribution >= 0.6 is 11.6 Å². The molecule has 0 heterocycles. The Labute approximate surface area is 143 Å². The highest BCUT2D eigenvalue weighted by Crippen LogP contribution is 2.10. The smallest absolute Gasteiger partial charge is 0.221 e. The van der Waals surface area contributed by atoms with E-state index in [0.29, 0.717) is 19.5 Å². The van der Waals surface area contributed by atoms with Gasteiger partial charge < -0.3 is 10.6 Å². The Balaban J connectivity index is 1.58. The summed E-state index contributed by atoms with van der Waals surface area (Å²) in [6.07, 6.45) is 1.28. The van der Waals surface area contributed by atoms with E-state index in [2.05, 4.69) is 41.8 Å². The number of rotatable bonds is 8. The number of nitrogens with one attached hydrogen (secondary N) is 2. The Morgan fingerprint density at radius 2 is 1.83 bits per heavy atom. The van der Waals surface area contributed by atoms with E-state index in [1.807, 2.05) is 24.3 Å². The third-order valence-corrected chi connectivity index (χ3v) is 3.80. The largest absolute Gasteiger partial charge is 0.356 e. The Hall–Kier alpha value is -1.84. The molecule has 1 amide bonds. The zero-order chi connectivity index (χ0) is 16.5. The second-order valence-corrected chi connectivity index (χ2v) is 6.08. The molecule has 2 N–H and O–H groups in total.